The standard InChI is InChI=1S/C12H25N3O/c1-11(2)9-15(7-8-16-4)6-5-12(3,14)10-13/h11H,5-9,14H2,1-4H3. The fraction of sp³-hybridized carbons (Fsp3) is 0.917. The van der Waals surface area contributed by atoms with Crippen LogP contribution in [0, 0.1) is 17.2 Å². The Kier molecular flexibility index (Phi) is 7.31. The first-order valence-corrected chi connectivity index (χ1v) is 5.82. The average Bonchev–Trinajstić information content (AvgIpc) is 2.21. The van der Waals surface area contributed by atoms with E-state index in [1.165, 1.54) is 0 Å². The summed E-state index contributed by atoms with van der Waals surface area (Å²) in [4.78, 5) is 2.30. The van der Waals surface area contributed by atoms with E-state index in [-0.39, 0.29) is 0 Å². The van der Waals surface area contributed by atoms with Crippen molar-refractivity contribution >= 4 is 0 Å². The highest BCUT2D eigenvalue weighted by Gasteiger charge is 2.18. The lowest BCUT2D eigenvalue weighted by molar-refractivity contribution is 0.136. The van der Waals surface area contributed by atoms with E-state index in [1.807, 2.05) is 0 Å². The Balaban J connectivity index is 4.06. The second-order valence-electron chi connectivity index (χ2n) is 4.97. The molecule has 0 bridgehead atoms. The van der Waals surface area contributed by atoms with Gasteiger partial charge in [0, 0.05) is 26.7 Å². The van der Waals surface area contributed by atoms with E-state index in [2.05, 4.69) is 24.8 Å². The summed E-state index contributed by atoms with van der Waals surface area (Å²) in [6, 6.07) is 2.13. The maximum atomic E-state index is 8.85. The molecule has 0 rings (SSSR count). The van der Waals surface area contributed by atoms with E-state index in [9.17, 15) is 0 Å². The summed E-state index contributed by atoms with van der Waals surface area (Å²) in [5.74, 6) is 0.614. The molecule has 2 N–H and O–H groups in total. The second-order valence-corrected chi connectivity index (χ2v) is 4.97. The average molecular weight is 227 g/mol. The van der Waals surface area contributed by atoms with Crippen LogP contribution < -0.4 is 5.73 Å². The molecule has 4 heteroatoms. The molecular formula is C12H25N3O. The number of hydrogen-bond donors (Lipinski definition) is 1. The molecule has 0 spiro atoms. The molecule has 0 aromatic heterocycles. The van der Waals surface area contributed by atoms with Crippen LogP contribution in [0.4, 0.5) is 0 Å². The Morgan fingerprint density at radius 3 is 2.50 bits per heavy atom. The number of nitrogens with two attached hydrogens (primary N) is 1. The van der Waals surface area contributed by atoms with Gasteiger partial charge in [-0.1, -0.05) is 13.8 Å². The molecule has 0 aliphatic heterocycles. The van der Waals surface area contributed by atoms with Gasteiger partial charge in [0.25, 0.3) is 0 Å². The minimum atomic E-state index is -0.720. The normalized spacial score (nSPS) is 15.1. The molecule has 0 saturated carbocycles. The molecule has 0 radical (unpaired) electrons. The molecule has 94 valence electrons. The Morgan fingerprint density at radius 1 is 1.44 bits per heavy atom. The number of methoxy groups -OCH3 is 1. The van der Waals surface area contributed by atoms with Crippen molar-refractivity contribution in [2.75, 3.05) is 33.4 Å². The largest absolute Gasteiger partial charge is 0.383 e. The summed E-state index contributed by atoms with van der Waals surface area (Å²) in [7, 11) is 1.70. The molecular weight excluding hydrogens is 202 g/mol. The molecule has 0 saturated heterocycles. The van der Waals surface area contributed by atoms with Gasteiger partial charge < -0.3 is 15.4 Å². The molecule has 0 aromatic rings. The highest BCUT2D eigenvalue weighted by molar-refractivity contribution is 5.01. The Labute approximate surface area is 99.4 Å². The molecule has 1 atom stereocenters. The van der Waals surface area contributed by atoms with Crippen molar-refractivity contribution in [2.24, 2.45) is 11.7 Å². The van der Waals surface area contributed by atoms with Crippen molar-refractivity contribution in [3.63, 3.8) is 0 Å². The summed E-state index contributed by atoms with van der Waals surface area (Å²) in [6.07, 6.45) is 0.694. The minimum absolute atomic E-state index is 0.614. The molecule has 0 aliphatic carbocycles. The quantitative estimate of drug-likeness (QED) is 0.677. The van der Waals surface area contributed by atoms with Crippen LogP contribution in [0.15, 0.2) is 0 Å². The number of ether oxygens (including phenoxy) is 1. The van der Waals surface area contributed by atoms with Crippen LogP contribution in [-0.2, 0) is 4.74 Å². The van der Waals surface area contributed by atoms with Crippen LogP contribution >= 0.6 is 0 Å². The third-order valence-corrected chi connectivity index (χ3v) is 2.44. The number of nitrogens with zero attached hydrogens (tertiary/aromatic N) is 2. The maximum Gasteiger partial charge on any atom is 0.102 e. The van der Waals surface area contributed by atoms with E-state index >= 15 is 0 Å². The Bertz CT molecular complexity index is 221. The Hall–Kier alpha value is -0.630. The lowest BCUT2D eigenvalue weighted by Crippen LogP contribution is -2.40. The second kappa shape index (κ2) is 7.61. The first-order chi connectivity index (χ1) is 7.41. The van der Waals surface area contributed by atoms with Gasteiger partial charge in [0.15, 0.2) is 0 Å². The van der Waals surface area contributed by atoms with E-state index in [4.69, 9.17) is 15.7 Å². The molecule has 16 heavy (non-hydrogen) atoms. The van der Waals surface area contributed by atoms with Gasteiger partial charge in [0.2, 0.25) is 0 Å². The molecule has 0 heterocycles. The van der Waals surface area contributed by atoms with Gasteiger partial charge in [0.05, 0.1) is 12.7 Å². The predicted molar refractivity (Wildman–Crippen MR) is 66.0 cm³/mol. The first-order valence-electron chi connectivity index (χ1n) is 5.82. The van der Waals surface area contributed by atoms with Crippen LogP contribution in [0.1, 0.15) is 27.2 Å². The molecule has 4 nitrogen and oxygen atoms in total. The zero-order valence-electron chi connectivity index (χ0n) is 11.0. The highest BCUT2D eigenvalue weighted by atomic mass is 16.5. The van der Waals surface area contributed by atoms with Gasteiger partial charge in [-0.3, -0.25) is 0 Å². The zero-order valence-corrected chi connectivity index (χ0v) is 11.0. The summed E-state index contributed by atoms with van der Waals surface area (Å²) in [5, 5.41) is 8.85. The first kappa shape index (κ1) is 15.4. The summed E-state index contributed by atoms with van der Waals surface area (Å²) < 4.78 is 5.07. The molecule has 0 aliphatic rings. The number of nitriles is 1. The monoisotopic (exact) mass is 227 g/mol. The van der Waals surface area contributed by atoms with E-state index in [0.29, 0.717) is 12.3 Å². The third-order valence-electron chi connectivity index (χ3n) is 2.44. The van der Waals surface area contributed by atoms with Crippen molar-refractivity contribution in [2.45, 2.75) is 32.7 Å². The van der Waals surface area contributed by atoms with Crippen LogP contribution in [0.2, 0.25) is 0 Å². The zero-order chi connectivity index (χ0) is 12.6. The van der Waals surface area contributed by atoms with Crippen LogP contribution in [-0.4, -0.2) is 43.8 Å². The van der Waals surface area contributed by atoms with Crippen molar-refractivity contribution in [3.05, 3.63) is 0 Å². The molecule has 0 amide bonds. The van der Waals surface area contributed by atoms with Gasteiger partial charge in [-0.25, -0.2) is 0 Å². The van der Waals surface area contributed by atoms with Gasteiger partial charge in [-0.15, -0.1) is 0 Å². The van der Waals surface area contributed by atoms with Crippen molar-refractivity contribution < 1.29 is 4.74 Å². The molecule has 0 aromatic carbocycles. The summed E-state index contributed by atoms with van der Waals surface area (Å²) in [5.41, 5.74) is 5.08. The maximum absolute atomic E-state index is 8.85. The SMILES string of the molecule is COCCN(CCC(C)(N)C#N)CC(C)C. The van der Waals surface area contributed by atoms with E-state index in [1.54, 1.807) is 14.0 Å². The molecule has 0 fully saturated rings. The summed E-state index contributed by atoms with van der Waals surface area (Å²) in [6.45, 7) is 9.64. The van der Waals surface area contributed by atoms with Gasteiger partial charge in [-0.2, -0.15) is 5.26 Å². The van der Waals surface area contributed by atoms with Crippen molar-refractivity contribution in [3.8, 4) is 6.07 Å². The van der Waals surface area contributed by atoms with E-state index < -0.39 is 5.54 Å². The van der Waals surface area contributed by atoms with Crippen molar-refractivity contribution in [1.82, 2.24) is 4.90 Å². The topological polar surface area (TPSA) is 62.3 Å². The van der Waals surface area contributed by atoms with Gasteiger partial charge >= 0.3 is 0 Å². The minimum Gasteiger partial charge on any atom is -0.383 e. The summed E-state index contributed by atoms with van der Waals surface area (Å²) >= 11 is 0. The third kappa shape index (κ3) is 7.63. The highest BCUT2D eigenvalue weighted by Crippen LogP contribution is 2.07. The Morgan fingerprint density at radius 2 is 2.06 bits per heavy atom. The van der Waals surface area contributed by atoms with Crippen LogP contribution in [0.3, 0.4) is 0 Å². The smallest absolute Gasteiger partial charge is 0.102 e. The van der Waals surface area contributed by atoms with Gasteiger partial charge in [0.1, 0.15) is 5.54 Å². The molecule has 1 unspecified atom stereocenters. The van der Waals surface area contributed by atoms with Gasteiger partial charge in [-0.05, 0) is 19.3 Å². The lowest BCUT2D eigenvalue weighted by atomic mass is 10.0. The number of hydrogen-bond acceptors (Lipinski definition) is 4. The fourth-order valence-electron chi connectivity index (χ4n) is 1.48. The number of rotatable bonds is 8. The fourth-order valence-corrected chi connectivity index (χ4v) is 1.48. The van der Waals surface area contributed by atoms with Crippen LogP contribution in [0.25, 0.3) is 0 Å². The van der Waals surface area contributed by atoms with Crippen molar-refractivity contribution in [1.29, 1.82) is 5.26 Å². The lowest BCUT2D eigenvalue weighted by Gasteiger charge is -2.26. The van der Waals surface area contributed by atoms with Crippen LogP contribution in [0.5, 0.6) is 0 Å². The predicted octanol–water partition coefficient (Wildman–Crippen LogP) is 1.22. The van der Waals surface area contributed by atoms with E-state index in [0.717, 1.165) is 26.2 Å².